The summed E-state index contributed by atoms with van der Waals surface area (Å²) >= 11 is 1.42. The number of nitrogens with one attached hydrogen (secondary N) is 2. The van der Waals surface area contributed by atoms with Crippen molar-refractivity contribution in [2.24, 2.45) is 5.73 Å². The van der Waals surface area contributed by atoms with Gasteiger partial charge in [-0.25, -0.2) is 0 Å². The van der Waals surface area contributed by atoms with Crippen molar-refractivity contribution >= 4 is 46.3 Å². The molecule has 0 aromatic heterocycles. The molecule has 166 valence electrons. The van der Waals surface area contributed by atoms with Crippen LogP contribution >= 0.6 is 11.8 Å². The minimum absolute atomic E-state index is 0.0745. The van der Waals surface area contributed by atoms with Crippen molar-refractivity contribution in [1.29, 1.82) is 0 Å². The normalized spacial score (nSPS) is 12.7. The maximum atomic E-state index is 12.3. The van der Waals surface area contributed by atoms with Crippen LogP contribution in [0.4, 0.5) is 0 Å². The van der Waals surface area contributed by atoms with E-state index in [-0.39, 0.29) is 18.6 Å². The molecule has 0 saturated carbocycles. The lowest BCUT2D eigenvalue weighted by molar-refractivity contribution is -0.139. The van der Waals surface area contributed by atoms with Gasteiger partial charge >= 0.3 is 11.9 Å². The van der Waals surface area contributed by atoms with E-state index in [1.165, 1.54) is 11.8 Å². The molecule has 0 spiro atoms. The molecule has 0 bridgehead atoms. The second-order valence-corrected chi connectivity index (χ2v) is 7.94. The predicted molar refractivity (Wildman–Crippen MR) is 118 cm³/mol. The van der Waals surface area contributed by atoms with Crippen molar-refractivity contribution in [1.82, 2.24) is 10.6 Å². The number of nitrogens with two attached hydrogens (primary N) is 1. The molecule has 0 fully saturated rings. The van der Waals surface area contributed by atoms with Crippen molar-refractivity contribution in [3.8, 4) is 0 Å². The molecule has 0 saturated heterocycles. The zero-order valence-electron chi connectivity index (χ0n) is 16.7. The summed E-state index contributed by atoms with van der Waals surface area (Å²) in [6.45, 7) is -0.565. The molecule has 2 aromatic rings. The number of hydrogen-bond acceptors (Lipinski definition) is 6. The molecule has 0 heterocycles. The van der Waals surface area contributed by atoms with Crippen molar-refractivity contribution in [2.75, 3.05) is 12.3 Å². The van der Waals surface area contributed by atoms with Crippen molar-refractivity contribution in [3.63, 3.8) is 0 Å². The fraction of sp³-hybridized carbons (Fsp3) is 0.333. The van der Waals surface area contributed by atoms with Crippen LogP contribution in [0.25, 0.3) is 10.8 Å². The van der Waals surface area contributed by atoms with Gasteiger partial charge in [0, 0.05) is 17.9 Å². The summed E-state index contributed by atoms with van der Waals surface area (Å²) < 4.78 is 0. The van der Waals surface area contributed by atoms with Gasteiger partial charge in [-0.05, 0) is 22.8 Å². The molecule has 0 aliphatic heterocycles. The topological polar surface area (TPSA) is 159 Å². The summed E-state index contributed by atoms with van der Waals surface area (Å²) in [5.74, 6) is -2.76. The Morgan fingerprint density at radius 1 is 1.03 bits per heavy atom. The highest BCUT2D eigenvalue weighted by Gasteiger charge is 2.22. The zero-order valence-corrected chi connectivity index (χ0v) is 17.6. The van der Waals surface area contributed by atoms with Gasteiger partial charge in [-0.1, -0.05) is 42.5 Å². The minimum atomic E-state index is -1.21. The summed E-state index contributed by atoms with van der Waals surface area (Å²) in [6.07, 6.45) is -0.236. The standard InChI is InChI=1S/C21H25N3O6S/c22-16(21(29)30)7-8-18(25)24-17(20(28)23-10-19(26)27)12-31-11-13-5-6-14-3-1-2-4-15(14)9-13/h1-6,9,16-17H,7-8,10-12,22H2,(H,23,28)(H,24,25)(H,26,27)(H,29,30)/t16-,17-/m0/s1. The average Bonchev–Trinajstić information content (AvgIpc) is 2.74. The van der Waals surface area contributed by atoms with E-state index in [9.17, 15) is 19.2 Å². The van der Waals surface area contributed by atoms with E-state index in [2.05, 4.69) is 10.6 Å². The van der Waals surface area contributed by atoms with E-state index in [0.29, 0.717) is 5.75 Å². The van der Waals surface area contributed by atoms with Crippen LogP contribution in [0.2, 0.25) is 0 Å². The number of fused-ring (bicyclic) bond motifs is 1. The van der Waals surface area contributed by atoms with E-state index in [1.807, 2.05) is 42.5 Å². The Morgan fingerprint density at radius 3 is 2.42 bits per heavy atom. The fourth-order valence-corrected chi connectivity index (χ4v) is 3.77. The van der Waals surface area contributed by atoms with Crippen molar-refractivity contribution in [3.05, 3.63) is 48.0 Å². The number of rotatable bonds is 12. The van der Waals surface area contributed by atoms with Crippen LogP contribution in [0, 0.1) is 0 Å². The van der Waals surface area contributed by atoms with E-state index in [1.54, 1.807) is 0 Å². The van der Waals surface area contributed by atoms with Crippen LogP contribution in [-0.4, -0.2) is 58.3 Å². The fourth-order valence-electron chi connectivity index (χ4n) is 2.77. The zero-order chi connectivity index (χ0) is 22.8. The van der Waals surface area contributed by atoms with Gasteiger partial charge in [-0.15, -0.1) is 0 Å². The molecule has 0 aliphatic rings. The number of carboxylic acid groups (broad SMARTS) is 2. The Hall–Kier alpha value is -3.11. The van der Waals surface area contributed by atoms with Gasteiger partial charge in [0.05, 0.1) is 0 Å². The number of carboxylic acids is 2. The predicted octanol–water partition coefficient (Wildman–Crippen LogP) is 0.951. The van der Waals surface area contributed by atoms with Gasteiger partial charge in [0.1, 0.15) is 18.6 Å². The summed E-state index contributed by atoms with van der Waals surface area (Å²) in [4.78, 5) is 46.0. The Balaban J connectivity index is 1.94. The number of carbonyl (C=O) groups excluding carboxylic acids is 2. The first kappa shape index (κ1) is 24.2. The van der Waals surface area contributed by atoms with Gasteiger partial charge < -0.3 is 26.6 Å². The van der Waals surface area contributed by atoms with E-state index in [4.69, 9.17) is 15.9 Å². The van der Waals surface area contributed by atoms with Crippen molar-refractivity contribution in [2.45, 2.75) is 30.7 Å². The number of thioether (sulfide) groups is 1. The molecule has 2 amide bonds. The number of benzene rings is 2. The van der Waals surface area contributed by atoms with E-state index >= 15 is 0 Å². The average molecular weight is 448 g/mol. The molecule has 2 rings (SSSR count). The molecule has 0 aliphatic carbocycles. The monoisotopic (exact) mass is 447 g/mol. The molecule has 6 N–H and O–H groups in total. The maximum absolute atomic E-state index is 12.3. The van der Waals surface area contributed by atoms with E-state index in [0.717, 1.165) is 16.3 Å². The quantitative estimate of drug-likeness (QED) is 0.322. The third-order valence-electron chi connectivity index (χ3n) is 4.43. The molecule has 2 aromatic carbocycles. The third kappa shape index (κ3) is 8.27. The Kier molecular flexibility index (Phi) is 9.29. The van der Waals surface area contributed by atoms with Gasteiger partial charge in [0.25, 0.3) is 0 Å². The second kappa shape index (κ2) is 11.9. The van der Waals surface area contributed by atoms with Gasteiger partial charge in [0.15, 0.2) is 0 Å². The van der Waals surface area contributed by atoms with Crippen LogP contribution in [0.3, 0.4) is 0 Å². The van der Waals surface area contributed by atoms with Gasteiger partial charge in [0.2, 0.25) is 11.8 Å². The summed E-state index contributed by atoms with van der Waals surface area (Å²) in [5, 5.41) is 24.6. The molecule has 0 radical (unpaired) electrons. The second-order valence-electron chi connectivity index (χ2n) is 6.91. The molecule has 10 heteroatoms. The number of carbonyl (C=O) groups is 4. The molecule has 2 atom stereocenters. The first-order valence-electron chi connectivity index (χ1n) is 9.59. The third-order valence-corrected chi connectivity index (χ3v) is 5.54. The highest BCUT2D eigenvalue weighted by molar-refractivity contribution is 7.98. The molecular formula is C21H25N3O6S. The van der Waals surface area contributed by atoms with Gasteiger partial charge in [-0.2, -0.15) is 11.8 Å². The van der Waals surface area contributed by atoms with Crippen LogP contribution in [0.15, 0.2) is 42.5 Å². The maximum Gasteiger partial charge on any atom is 0.322 e. The Morgan fingerprint density at radius 2 is 1.74 bits per heavy atom. The summed E-state index contributed by atoms with van der Waals surface area (Å²) in [6, 6.07) is 11.8. The molecular weight excluding hydrogens is 422 g/mol. The summed E-state index contributed by atoms with van der Waals surface area (Å²) in [7, 11) is 0. The lowest BCUT2D eigenvalue weighted by atomic mass is 10.1. The first-order chi connectivity index (χ1) is 14.8. The van der Waals surface area contributed by atoms with Crippen LogP contribution < -0.4 is 16.4 Å². The number of amides is 2. The smallest absolute Gasteiger partial charge is 0.322 e. The molecule has 0 unspecified atom stereocenters. The van der Waals surface area contributed by atoms with E-state index < -0.39 is 42.4 Å². The Labute approximate surface area is 183 Å². The molecule has 9 nitrogen and oxygen atoms in total. The highest BCUT2D eigenvalue weighted by Crippen LogP contribution is 2.20. The lowest BCUT2D eigenvalue weighted by Crippen LogP contribution is -2.49. The number of hydrogen-bond donors (Lipinski definition) is 5. The van der Waals surface area contributed by atoms with Gasteiger partial charge in [-0.3, -0.25) is 19.2 Å². The lowest BCUT2D eigenvalue weighted by Gasteiger charge is -2.18. The Bertz CT molecular complexity index is 952. The SMILES string of the molecule is N[C@@H](CCC(=O)N[C@@H](CSCc1ccc2ccccc2c1)C(=O)NCC(=O)O)C(=O)O. The highest BCUT2D eigenvalue weighted by atomic mass is 32.2. The van der Waals surface area contributed by atoms with Crippen LogP contribution in [-0.2, 0) is 24.9 Å². The largest absolute Gasteiger partial charge is 0.480 e. The first-order valence-corrected chi connectivity index (χ1v) is 10.7. The summed E-state index contributed by atoms with van der Waals surface area (Å²) in [5.41, 5.74) is 6.44. The molecule has 31 heavy (non-hydrogen) atoms. The van der Waals surface area contributed by atoms with Crippen molar-refractivity contribution < 1.29 is 29.4 Å². The minimum Gasteiger partial charge on any atom is -0.480 e. The van der Waals surface area contributed by atoms with Crippen LogP contribution in [0.5, 0.6) is 0 Å². The number of aliphatic carboxylic acids is 2. The van der Waals surface area contributed by atoms with Crippen LogP contribution in [0.1, 0.15) is 18.4 Å².